The first-order valence-corrected chi connectivity index (χ1v) is 6.47. The van der Waals surface area contributed by atoms with Crippen LogP contribution in [0.3, 0.4) is 0 Å². The SMILES string of the molecule is COCCC(C)NC(C)(C)c1ncc(C)s1. The van der Waals surface area contributed by atoms with Crippen LogP contribution in [0.4, 0.5) is 0 Å². The summed E-state index contributed by atoms with van der Waals surface area (Å²) in [4.78, 5) is 5.70. The zero-order valence-electron chi connectivity index (χ0n) is 10.8. The molecule has 0 amide bonds. The van der Waals surface area contributed by atoms with Crippen molar-refractivity contribution in [3.63, 3.8) is 0 Å². The lowest BCUT2D eigenvalue weighted by atomic mass is 10.0. The molecule has 0 aliphatic heterocycles. The lowest BCUT2D eigenvalue weighted by Crippen LogP contribution is -2.42. The maximum Gasteiger partial charge on any atom is 0.112 e. The molecule has 0 saturated heterocycles. The molecule has 0 spiro atoms. The molecule has 0 aromatic carbocycles. The first kappa shape index (κ1) is 13.6. The van der Waals surface area contributed by atoms with Gasteiger partial charge >= 0.3 is 0 Å². The van der Waals surface area contributed by atoms with E-state index >= 15 is 0 Å². The number of thiazole rings is 1. The number of aryl methyl sites for hydroxylation is 1. The van der Waals surface area contributed by atoms with Crippen molar-refractivity contribution >= 4 is 11.3 Å². The summed E-state index contributed by atoms with van der Waals surface area (Å²) in [6.07, 6.45) is 2.95. The van der Waals surface area contributed by atoms with E-state index in [4.69, 9.17) is 4.74 Å². The molecule has 1 N–H and O–H groups in total. The molecule has 1 unspecified atom stereocenters. The van der Waals surface area contributed by atoms with Crippen LogP contribution < -0.4 is 5.32 Å². The van der Waals surface area contributed by atoms with Gasteiger partial charge in [0.15, 0.2) is 0 Å². The average Bonchev–Trinajstić information content (AvgIpc) is 2.62. The Bertz CT molecular complexity index is 323. The third kappa shape index (κ3) is 3.85. The Morgan fingerprint density at radius 3 is 2.75 bits per heavy atom. The topological polar surface area (TPSA) is 34.1 Å². The Kier molecular flexibility index (Phi) is 4.89. The largest absolute Gasteiger partial charge is 0.385 e. The average molecular weight is 242 g/mol. The minimum absolute atomic E-state index is 0.0634. The summed E-state index contributed by atoms with van der Waals surface area (Å²) >= 11 is 1.76. The maximum atomic E-state index is 5.08. The van der Waals surface area contributed by atoms with E-state index in [2.05, 4.69) is 38.0 Å². The molecule has 1 heterocycles. The molecule has 1 rings (SSSR count). The van der Waals surface area contributed by atoms with Gasteiger partial charge in [-0.3, -0.25) is 0 Å². The summed E-state index contributed by atoms with van der Waals surface area (Å²) in [6.45, 7) is 9.41. The van der Waals surface area contributed by atoms with E-state index in [-0.39, 0.29) is 5.54 Å². The summed E-state index contributed by atoms with van der Waals surface area (Å²) < 4.78 is 5.08. The highest BCUT2D eigenvalue weighted by Gasteiger charge is 2.25. The van der Waals surface area contributed by atoms with Crippen LogP contribution in [0.5, 0.6) is 0 Å². The summed E-state index contributed by atoms with van der Waals surface area (Å²) in [5.41, 5.74) is -0.0634. The number of nitrogens with one attached hydrogen (secondary N) is 1. The van der Waals surface area contributed by atoms with Crippen molar-refractivity contribution in [2.75, 3.05) is 13.7 Å². The summed E-state index contributed by atoms with van der Waals surface area (Å²) in [7, 11) is 1.74. The minimum Gasteiger partial charge on any atom is -0.385 e. The lowest BCUT2D eigenvalue weighted by Gasteiger charge is -2.28. The molecule has 0 aliphatic carbocycles. The van der Waals surface area contributed by atoms with E-state index in [1.807, 2.05) is 6.20 Å². The molecular weight excluding hydrogens is 220 g/mol. The highest BCUT2D eigenvalue weighted by molar-refractivity contribution is 7.11. The van der Waals surface area contributed by atoms with E-state index in [0.717, 1.165) is 18.0 Å². The van der Waals surface area contributed by atoms with Crippen LogP contribution >= 0.6 is 11.3 Å². The Balaban J connectivity index is 2.57. The van der Waals surface area contributed by atoms with E-state index in [9.17, 15) is 0 Å². The molecule has 0 bridgehead atoms. The van der Waals surface area contributed by atoms with Gasteiger partial charge in [-0.05, 0) is 34.1 Å². The van der Waals surface area contributed by atoms with Gasteiger partial charge in [0.25, 0.3) is 0 Å². The summed E-state index contributed by atoms with van der Waals surface area (Å²) in [6, 6.07) is 0.430. The van der Waals surface area contributed by atoms with Crippen molar-refractivity contribution < 1.29 is 4.74 Å². The molecule has 1 aromatic rings. The second kappa shape index (κ2) is 5.75. The Morgan fingerprint density at radius 1 is 1.56 bits per heavy atom. The number of ether oxygens (including phenoxy) is 1. The first-order valence-electron chi connectivity index (χ1n) is 5.65. The fourth-order valence-electron chi connectivity index (χ4n) is 1.69. The maximum absolute atomic E-state index is 5.08. The fraction of sp³-hybridized carbons (Fsp3) is 0.750. The van der Waals surface area contributed by atoms with Crippen molar-refractivity contribution in [1.82, 2.24) is 10.3 Å². The van der Waals surface area contributed by atoms with Crippen molar-refractivity contribution in [3.05, 3.63) is 16.1 Å². The molecule has 0 saturated carbocycles. The molecule has 0 fully saturated rings. The highest BCUT2D eigenvalue weighted by atomic mass is 32.1. The number of hydrogen-bond acceptors (Lipinski definition) is 4. The minimum atomic E-state index is -0.0634. The highest BCUT2D eigenvalue weighted by Crippen LogP contribution is 2.25. The number of nitrogens with zero attached hydrogens (tertiary/aromatic N) is 1. The lowest BCUT2D eigenvalue weighted by molar-refractivity contribution is 0.178. The van der Waals surface area contributed by atoms with E-state index in [1.165, 1.54) is 4.88 Å². The standard InChI is InChI=1S/C12H22N2OS/c1-9(6-7-15-5)14-12(3,4)11-13-8-10(2)16-11/h8-9,14H,6-7H2,1-5H3. The van der Waals surface area contributed by atoms with Gasteiger partial charge < -0.3 is 10.1 Å². The van der Waals surface area contributed by atoms with Gasteiger partial charge in [0, 0.05) is 30.8 Å². The number of hydrogen-bond donors (Lipinski definition) is 1. The summed E-state index contributed by atoms with van der Waals surface area (Å²) in [5.74, 6) is 0. The Morgan fingerprint density at radius 2 is 2.25 bits per heavy atom. The molecule has 0 aliphatic rings. The summed E-state index contributed by atoms with van der Waals surface area (Å²) in [5, 5.41) is 4.74. The van der Waals surface area contributed by atoms with Gasteiger partial charge in [0.1, 0.15) is 5.01 Å². The van der Waals surface area contributed by atoms with Crippen LogP contribution in [-0.2, 0) is 10.3 Å². The second-order valence-corrected chi connectivity index (χ2v) is 5.96. The number of rotatable bonds is 6. The molecule has 3 nitrogen and oxygen atoms in total. The monoisotopic (exact) mass is 242 g/mol. The number of methoxy groups -OCH3 is 1. The zero-order valence-corrected chi connectivity index (χ0v) is 11.6. The smallest absolute Gasteiger partial charge is 0.112 e. The van der Waals surface area contributed by atoms with Gasteiger partial charge in [-0.2, -0.15) is 0 Å². The molecule has 1 aromatic heterocycles. The van der Waals surface area contributed by atoms with Crippen LogP contribution in [0, 0.1) is 6.92 Å². The van der Waals surface area contributed by atoms with Crippen molar-refractivity contribution in [2.45, 2.75) is 45.7 Å². The number of aromatic nitrogens is 1. The van der Waals surface area contributed by atoms with Crippen LogP contribution in [0.1, 0.15) is 37.1 Å². The molecule has 0 radical (unpaired) electrons. The third-order valence-corrected chi connectivity index (χ3v) is 3.75. The predicted octanol–water partition coefficient (Wildman–Crippen LogP) is 2.70. The molecule has 1 atom stereocenters. The van der Waals surface area contributed by atoms with Crippen molar-refractivity contribution in [3.8, 4) is 0 Å². The molecule has 16 heavy (non-hydrogen) atoms. The first-order chi connectivity index (χ1) is 7.45. The normalized spacial score (nSPS) is 14.1. The van der Waals surface area contributed by atoms with Crippen LogP contribution in [-0.4, -0.2) is 24.7 Å². The second-order valence-electron chi connectivity index (χ2n) is 4.73. The van der Waals surface area contributed by atoms with E-state index in [1.54, 1.807) is 18.4 Å². The third-order valence-electron chi connectivity index (χ3n) is 2.52. The molecule has 4 heteroatoms. The molecule has 92 valence electrons. The van der Waals surface area contributed by atoms with Gasteiger partial charge in [0.05, 0.1) is 5.54 Å². The predicted molar refractivity (Wildman–Crippen MR) is 69.0 cm³/mol. The van der Waals surface area contributed by atoms with Crippen LogP contribution in [0.25, 0.3) is 0 Å². The zero-order chi connectivity index (χ0) is 12.2. The van der Waals surface area contributed by atoms with Gasteiger partial charge in [-0.25, -0.2) is 4.98 Å². The van der Waals surface area contributed by atoms with Crippen molar-refractivity contribution in [2.24, 2.45) is 0 Å². The van der Waals surface area contributed by atoms with Gasteiger partial charge in [-0.1, -0.05) is 0 Å². The molecular formula is C12H22N2OS. The van der Waals surface area contributed by atoms with Crippen LogP contribution in [0.2, 0.25) is 0 Å². The Hall–Kier alpha value is -0.450. The fourth-order valence-corrected chi connectivity index (χ4v) is 2.52. The van der Waals surface area contributed by atoms with E-state index < -0.39 is 0 Å². The quantitative estimate of drug-likeness (QED) is 0.833. The van der Waals surface area contributed by atoms with Crippen molar-refractivity contribution in [1.29, 1.82) is 0 Å². The van der Waals surface area contributed by atoms with Gasteiger partial charge in [-0.15, -0.1) is 11.3 Å². The Labute approximate surface area is 102 Å². The van der Waals surface area contributed by atoms with Crippen LogP contribution in [0.15, 0.2) is 6.20 Å². The van der Waals surface area contributed by atoms with E-state index in [0.29, 0.717) is 6.04 Å². The van der Waals surface area contributed by atoms with Gasteiger partial charge in [0.2, 0.25) is 0 Å².